The highest BCUT2D eigenvalue weighted by molar-refractivity contribution is 5.48. The molecule has 1 rings (SSSR count). The van der Waals surface area contributed by atoms with Crippen LogP contribution in [0, 0.1) is 6.92 Å². The Morgan fingerprint density at radius 3 is 3.07 bits per heavy atom. The number of nitrogens with one attached hydrogen (secondary N) is 1. The second kappa shape index (κ2) is 5.43. The van der Waals surface area contributed by atoms with E-state index in [-0.39, 0.29) is 0 Å². The molecule has 1 aromatic rings. The molecule has 1 unspecified atom stereocenters. The largest absolute Gasteiger partial charge is 0.381 e. The van der Waals surface area contributed by atoms with E-state index < -0.39 is 0 Å². The molecule has 0 saturated heterocycles. The Kier molecular flexibility index (Phi) is 4.17. The highest BCUT2D eigenvalue weighted by atomic mass is 14.9. The van der Waals surface area contributed by atoms with Crippen LogP contribution in [-0.4, -0.2) is 11.0 Å². The zero-order valence-electron chi connectivity index (χ0n) is 8.96. The lowest BCUT2D eigenvalue weighted by Crippen LogP contribution is -2.15. The third-order valence-corrected chi connectivity index (χ3v) is 2.24. The number of nitrogens with zero attached hydrogens (tertiary/aromatic N) is 1. The van der Waals surface area contributed by atoms with Gasteiger partial charge < -0.3 is 5.32 Å². The fourth-order valence-electron chi connectivity index (χ4n) is 1.32. The quantitative estimate of drug-likeness (QED) is 0.721. The van der Waals surface area contributed by atoms with Crippen molar-refractivity contribution in [2.24, 2.45) is 0 Å². The van der Waals surface area contributed by atoms with Gasteiger partial charge >= 0.3 is 0 Å². The van der Waals surface area contributed by atoms with Gasteiger partial charge in [0.15, 0.2) is 0 Å². The minimum absolute atomic E-state index is 0.468. The molecule has 0 saturated carbocycles. The predicted octanol–water partition coefficient (Wildman–Crippen LogP) is 3.16. The summed E-state index contributed by atoms with van der Waals surface area (Å²) >= 11 is 0. The van der Waals surface area contributed by atoms with Crippen molar-refractivity contribution in [1.29, 1.82) is 0 Å². The summed E-state index contributed by atoms with van der Waals surface area (Å²) in [5, 5.41) is 3.43. The highest BCUT2D eigenvalue weighted by Gasteiger charge is 2.02. The van der Waals surface area contributed by atoms with E-state index in [9.17, 15) is 0 Å². The van der Waals surface area contributed by atoms with Gasteiger partial charge in [-0.3, -0.25) is 4.98 Å². The van der Waals surface area contributed by atoms with Crippen molar-refractivity contribution in [3.63, 3.8) is 0 Å². The van der Waals surface area contributed by atoms with Crippen molar-refractivity contribution in [3.8, 4) is 0 Å². The minimum Gasteiger partial charge on any atom is -0.381 e. The van der Waals surface area contributed by atoms with Gasteiger partial charge in [-0.2, -0.15) is 0 Å². The lowest BCUT2D eigenvalue weighted by atomic mass is 10.1. The lowest BCUT2D eigenvalue weighted by Gasteiger charge is -2.15. The van der Waals surface area contributed by atoms with Crippen molar-refractivity contribution in [2.45, 2.75) is 32.7 Å². The van der Waals surface area contributed by atoms with Gasteiger partial charge in [0, 0.05) is 12.2 Å². The summed E-state index contributed by atoms with van der Waals surface area (Å²) < 4.78 is 0. The summed E-state index contributed by atoms with van der Waals surface area (Å²) in [6.07, 6.45) is 7.80. The highest BCUT2D eigenvalue weighted by Crippen LogP contribution is 2.14. The molecule has 0 bridgehead atoms. The number of aromatic nitrogens is 1. The molecule has 2 heteroatoms. The topological polar surface area (TPSA) is 24.9 Å². The van der Waals surface area contributed by atoms with E-state index in [1.54, 1.807) is 0 Å². The fourth-order valence-corrected chi connectivity index (χ4v) is 1.32. The van der Waals surface area contributed by atoms with Gasteiger partial charge in [-0.05, 0) is 38.3 Å². The van der Waals surface area contributed by atoms with E-state index in [1.807, 2.05) is 24.5 Å². The third-order valence-electron chi connectivity index (χ3n) is 2.24. The van der Waals surface area contributed by atoms with E-state index in [4.69, 9.17) is 0 Å². The molecule has 0 amide bonds. The average molecular weight is 190 g/mol. The molecule has 0 spiro atoms. The Morgan fingerprint density at radius 1 is 1.64 bits per heavy atom. The first-order valence-corrected chi connectivity index (χ1v) is 5.02. The summed E-state index contributed by atoms with van der Waals surface area (Å²) in [7, 11) is 0. The molecule has 0 radical (unpaired) electrons. The maximum Gasteiger partial charge on any atom is 0.0558 e. The van der Waals surface area contributed by atoms with Crippen molar-refractivity contribution < 1.29 is 0 Å². The van der Waals surface area contributed by atoms with Crippen LogP contribution in [0.2, 0.25) is 0 Å². The van der Waals surface area contributed by atoms with Crippen molar-refractivity contribution in [2.75, 3.05) is 5.32 Å². The summed E-state index contributed by atoms with van der Waals surface area (Å²) in [5.74, 6) is 0. The van der Waals surface area contributed by atoms with Gasteiger partial charge in [0.1, 0.15) is 0 Å². The van der Waals surface area contributed by atoms with Crippen molar-refractivity contribution in [1.82, 2.24) is 4.98 Å². The van der Waals surface area contributed by atoms with Crippen LogP contribution >= 0.6 is 0 Å². The molecule has 76 valence electrons. The van der Waals surface area contributed by atoms with Crippen molar-refractivity contribution >= 4 is 5.69 Å². The molecular formula is C12H18N2. The van der Waals surface area contributed by atoms with Crippen LogP contribution in [0.1, 0.15) is 25.3 Å². The molecule has 0 fully saturated rings. The molecule has 0 aliphatic heterocycles. The number of rotatable bonds is 5. The number of hydrogen-bond acceptors (Lipinski definition) is 2. The fraction of sp³-hybridized carbons (Fsp3) is 0.417. The summed E-state index contributed by atoms with van der Waals surface area (Å²) in [6.45, 7) is 7.98. The summed E-state index contributed by atoms with van der Waals surface area (Å²) in [4.78, 5) is 4.10. The van der Waals surface area contributed by atoms with E-state index in [2.05, 4.69) is 30.7 Å². The molecule has 2 nitrogen and oxygen atoms in total. The standard InChI is InChI=1S/C12H18N2/c1-4-5-6-11(3)14-12-9-13-8-7-10(12)2/h4,7-9,11,14H,1,5-6H2,2-3H3. The monoisotopic (exact) mass is 190 g/mol. The molecule has 1 N–H and O–H groups in total. The maximum atomic E-state index is 4.10. The Labute approximate surface area is 86.1 Å². The van der Waals surface area contributed by atoms with Gasteiger partial charge in [0.05, 0.1) is 11.9 Å². The number of aryl methyl sites for hydroxylation is 1. The molecular weight excluding hydrogens is 172 g/mol. The van der Waals surface area contributed by atoms with Crippen LogP contribution in [-0.2, 0) is 0 Å². The molecule has 0 aromatic carbocycles. The van der Waals surface area contributed by atoms with E-state index in [0.29, 0.717) is 6.04 Å². The molecule has 1 aromatic heterocycles. The van der Waals surface area contributed by atoms with Gasteiger partial charge in [0.2, 0.25) is 0 Å². The first-order chi connectivity index (χ1) is 6.74. The smallest absolute Gasteiger partial charge is 0.0558 e. The Morgan fingerprint density at radius 2 is 2.43 bits per heavy atom. The number of pyridine rings is 1. The van der Waals surface area contributed by atoms with E-state index in [1.165, 1.54) is 5.56 Å². The summed E-state index contributed by atoms with van der Waals surface area (Å²) in [5.41, 5.74) is 2.37. The first kappa shape index (κ1) is 10.8. The summed E-state index contributed by atoms with van der Waals surface area (Å²) in [6, 6.07) is 2.48. The predicted molar refractivity (Wildman–Crippen MR) is 61.5 cm³/mol. The van der Waals surface area contributed by atoms with Gasteiger partial charge in [0.25, 0.3) is 0 Å². The normalized spacial score (nSPS) is 12.1. The Hall–Kier alpha value is -1.31. The molecule has 1 atom stereocenters. The number of allylic oxidation sites excluding steroid dienone is 1. The van der Waals surface area contributed by atoms with Crippen LogP contribution in [0.25, 0.3) is 0 Å². The zero-order chi connectivity index (χ0) is 10.4. The Bertz CT molecular complexity index is 294. The SMILES string of the molecule is C=CCCC(C)Nc1cnccc1C. The van der Waals surface area contributed by atoms with Gasteiger partial charge in [-0.15, -0.1) is 6.58 Å². The molecule has 0 aliphatic carbocycles. The Balaban J connectivity index is 2.51. The maximum absolute atomic E-state index is 4.10. The van der Waals surface area contributed by atoms with Crippen LogP contribution in [0.4, 0.5) is 5.69 Å². The number of hydrogen-bond donors (Lipinski definition) is 1. The zero-order valence-corrected chi connectivity index (χ0v) is 8.96. The van der Waals surface area contributed by atoms with Gasteiger partial charge in [-0.25, -0.2) is 0 Å². The lowest BCUT2D eigenvalue weighted by molar-refractivity contribution is 0.718. The van der Waals surface area contributed by atoms with E-state index >= 15 is 0 Å². The van der Waals surface area contributed by atoms with Crippen LogP contribution in [0.3, 0.4) is 0 Å². The van der Waals surface area contributed by atoms with Crippen LogP contribution < -0.4 is 5.32 Å². The van der Waals surface area contributed by atoms with Gasteiger partial charge in [-0.1, -0.05) is 6.08 Å². The first-order valence-electron chi connectivity index (χ1n) is 5.02. The average Bonchev–Trinajstić information content (AvgIpc) is 2.18. The van der Waals surface area contributed by atoms with Crippen LogP contribution in [0.5, 0.6) is 0 Å². The molecule has 14 heavy (non-hydrogen) atoms. The molecule has 0 aliphatic rings. The second-order valence-corrected chi connectivity index (χ2v) is 3.60. The minimum atomic E-state index is 0.468. The third kappa shape index (κ3) is 3.21. The van der Waals surface area contributed by atoms with E-state index in [0.717, 1.165) is 18.5 Å². The second-order valence-electron chi connectivity index (χ2n) is 3.60. The van der Waals surface area contributed by atoms with Crippen molar-refractivity contribution in [3.05, 3.63) is 36.7 Å². The molecule has 1 heterocycles. The number of anilines is 1. The van der Waals surface area contributed by atoms with Crippen LogP contribution in [0.15, 0.2) is 31.1 Å².